The summed E-state index contributed by atoms with van der Waals surface area (Å²) in [4.78, 5) is 2.41. The molecule has 2 aliphatic heterocycles. The molecule has 1 aromatic carbocycles. The molecule has 2 nitrogen and oxygen atoms in total. The highest BCUT2D eigenvalue weighted by molar-refractivity contribution is 5.35. The van der Waals surface area contributed by atoms with Crippen LogP contribution in [0.15, 0.2) is 42.5 Å². The van der Waals surface area contributed by atoms with Crippen molar-refractivity contribution in [2.45, 2.75) is 18.2 Å². The van der Waals surface area contributed by atoms with Gasteiger partial charge < -0.3 is 4.74 Å². The van der Waals surface area contributed by atoms with E-state index in [1.54, 1.807) is 7.11 Å². The van der Waals surface area contributed by atoms with Gasteiger partial charge in [0, 0.05) is 13.7 Å². The molecule has 0 aliphatic carbocycles. The summed E-state index contributed by atoms with van der Waals surface area (Å²) in [6.07, 6.45) is 5.66. The number of hydrogen-bond donors (Lipinski definition) is 0. The first-order chi connectivity index (χ1) is 7.37. The Morgan fingerprint density at radius 2 is 2.13 bits per heavy atom. The fourth-order valence-electron chi connectivity index (χ4n) is 2.57. The number of methoxy groups -OCH3 is 1. The maximum atomic E-state index is 5.43. The molecule has 0 bridgehead atoms. The van der Waals surface area contributed by atoms with Crippen molar-refractivity contribution in [1.29, 1.82) is 0 Å². The molecule has 15 heavy (non-hydrogen) atoms. The summed E-state index contributed by atoms with van der Waals surface area (Å²) in [5, 5.41) is 0. The first-order valence-electron chi connectivity index (χ1n) is 5.38. The topological polar surface area (TPSA) is 12.2 Å². The Kier molecular flexibility index (Phi) is 1.94. The summed E-state index contributed by atoms with van der Waals surface area (Å²) in [6, 6.07) is 10.7. The first kappa shape index (κ1) is 9.13. The zero-order valence-electron chi connectivity index (χ0n) is 8.89. The lowest BCUT2D eigenvalue weighted by molar-refractivity contribution is 0.0431. The minimum atomic E-state index is 0.166. The number of rotatable bonds is 2. The van der Waals surface area contributed by atoms with Gasteiger partial charge >= 0.3 is 0 Å². The van der Waals surface area contributed by atoms with Gasteiger partial charge in [-0.2, -0.15) is 0 Å². The Morgan fingerprint density at radius 3 is 2.87 bits per heavy atom. The Hall–Kier alpha value is -1.12. The molecule has 1 saturated heterocycles. The normalized spacial score (nSPS) is 37.4. The molecule has 3 atom stereocenters. The van der Waals surface area contributed by atoms with Gasteiger partial charge in [0.05, 0.1) is 5.54 Å². The zero-order chi connectivity index (χ0) is 10.3. The van der Waals surface area contributed by atoms with Crippen LogP contribution in [0.2, 0.25) is 0 Å². The molecule has 0 aromatic heterocycles. The first-order valence-corrected chi connectivity index (χ1v) is 5.38. The van der Waals surface area contributed by atoms with Gasteiger partial charge in [-0.15, -0.1) is 0 Å². The van der Waals surface area contributed by atoms with Crippen molar-refractivity contribution >= 4 is 0 Å². The zero-order valence-corrected chi connectivity index (χ0v) is 8.89. The molecule has 0 radical (unpaired) electrons. The van der Waals surface area contributed by atoms with Gasteiger partial charge in [0.1, 0.15) is 6.23 Å². The second kappa shape index (κ2) is 3.19. The molecule has 1 unspecified atom stereocenters. The highest BCUT2D eigenvalue weighted by Gasteiger charge is 2.56. The van der Waals surface area contributed by atoms with Gasteiger partial charge in [-0.3, -0.25) is 4.90 Å². The molecule has 2 aliphatic rings. The molecule has 0 amide bonds. The lowest BCUT2D eigenvalue weighted by Gasteiger charge is -2.25. The van der Waals surface area contributed by atoms with Crippen LogP contribution in [0.5, 0.6) is 0 Å². The molecule has 0 N–H and O–H groups in total. The van der Waals surface area contributed by atoms with Gasteiger partial charge in [0.15, 0.2) is 0 Å². The van der Waals surface area contributed by atoms with E-state index in [-0.39, 0.29) is 11.8 Å². The highest BCUT2D eigenvalue weighted by Crippen LogP contribution is 2.49. The fraction of sp³-hybridized carbons (Fsp3) is 0.385. The van der Waals surface area contributed by atoms with Crippen LogP contribution in [0.4, 0.5) is 0 Å². The molecule has 1 aromatic rings. The van der Waals surface area contributed by atoms with E-state index in [0.717, 1.165) is 13.0 Å². The Balaban J connectivity index is 1.93. The largest absolute Gasteiger partial charge is 0.363 e. The van der Waals surface area contributed by atoms with Crippen molar-refractivity contribution in [2.24, 2.45) is 0 Å². The molecular weight excluding hydrogens is 186 g/mol. The molecule has 2 heterocycles. The fourth-order valence-corrected chi connectivity index (χ4v) is 2.57. The predicted octanol–water partition coefficient (Wildman–Crippen LogP) is 2.13. The van der Waals surface area contributed by atoms with E-state index in [0.29, 0.717) is 0 Å². The number of nitrogens with zero attached hydrogens (tertiary/aromatic N) is 1. The molecule has 78 valence electrons. The van der Waals surface area contributed by atoms with E-state index < -0.39 is 0 Å². The SMILES string of the molecule is CO[C@H]1C=CC[C@@]2(c3ccccc3)CN12. The van der Waals surface area contributed by atoms with E-state index in [9.17, 15) is 0 Å². The second-order valence-electron chi connectivity index (χ2n) is 4.28. The lowest BCUT2D eigenvalue weighted by Crippen LogP contribution is -2.28. The van der Waals surface area contributed by atoms with Crippen molar-refractivity contribution in [3.05, 3.63) is 48.0 Å². The number of fused-ring (bicyclic) bond motifs is 1. The van der Waals surface area contributed by atoms with Gasteiger partial charge in [-0.25, -0.2) is 0 Å². The maximum absolute atomic E-state index is 5.43. The van der Waals surface area contributed by atoms with E-state index in [1.165, 1.54) is 5.56 Å². The third-order valence-corrected chi connectivity index (χ3v) is 3.49. The standard InChI is InChI=1S/C13H15NO/c1-15-12-8-5-9-13(10-14(12)13)11-6-3-2-4-7-11/h2-8,12H,9-10H2,1H3/t12-,13-,14?/m0/s1. The van der Waals surface area contributed by atoms with Gasteiger partial charge in [0.2, 0.25) is 0 Å². The summed E-state index contributed by atoms with van der Waals surface area (Å²) < 4.78 is 5.43. The van der Waals surface area contributed by atoms with Gasteiger partial charge in [-0.1, -0.05) is 36.4 Å². The van der Waals surface area contributed by atoms with Crippen LogP contribution >= 0.6 is 0 Å². The van der Waals surface area contributed by atoms with Gasteiger partial charge in [0.25, 0.3) is 0 Å². The van der Waals surface area contributed by atoms with Crippen molar-refractivity contribution in [2.75, 3.05) is 13.7 Å². The van der Waals surface area contributed by atoms with E-state index in [4.69, 9.17) is 4.74 Å². The lowest BCUT2D eigenvalue weighted by atomic mass is 9.94. The highest BCUT2D eigenvalue weighted by atomic mass is 16.5. The van der Waals surface area contributed by atoms with Crippen molar-refractivity contribution in [3.8, 4) is 0 Å². The van der Waals surface area contributed by atoms with Gasteiger partial charge in [-0.05, 0) is 18.1 Å². The van der Waals surface area contributed by atoms with Crippen LogP contribution in [-0.2, 0) is 10.3 Å². The summed E-state index contributed by atoms with van der Waals surface area (Å²) in [7, 11) is 1.77. The minimum absolute atomic E-state index is 0.166. The quantitative estimate of drug-likeness (QED) is 0.537. The Morgan fingerprint density at radius 1 is 1.33 bits per heavy atom. The van der Waals surface area contributed by atoms with Crippen LogP contribution in [0.1, 0.15) is 12.0 Å². The Labute approximate surface area is 90.2 Å². The third kappa shape index (κ3) is 1.25. The molecule has 0 spiro atoms. The van der Waals surface area contributed by atoms with Crippen molar-refractivity contribution in [3.63, 3.8) is 0 Å². The van der Waals surface area contributed by atoms with Crippen LogP contribution in [0.25, 0.3) is 0 Å². The van der Waals surface area contributed by atoms with E-state index >= 15 is 0 Å². The molecule has 3 rings (SSSR count). The predicted molar refractivity (Wildman–Crippen MR) is 59.4 cm³/mol. The number of benzene rings is 1. The smallest absolute Gasteiger partial charge is 0.130 e. The Bertz CT molecular complexity index is 387. The molecule has 0 saturated carbocycles. The second-order valence-corrected chi connectivity index (χ2v) is 4.28. The van der Waals surface area contributed by atoms with Crippen LogP contribution in [-0.4, -0.2) is 24.8 Å². The minimum Gasteiger partial charge on any atom is -0.363 e. The van der Waals surface area contributed by atoms with Crippen LogP contribution < -0.4 is 0 Å². The van der Waals surface area contributed by atoms with E-state index in [2.05, 4.69) is 47.4 Å². The monoisotopic (exact) mass is 201 g/mol. The summed E-state index contributed by atoms with van der Waals surface area (Å²) in [6.45, 7) is 1.11. The number of hydrogen-bond acceptors (Lipinski definition) is 2. The van der Waals surface area contributed by atoms with E-state index in [1.807, 2.05) is 0 Å². The molecule has 2 heteroatoms. The number of ether oxygens (including phenoxy) is 1. The average Bonchev–Trinajstić information content (AvgIpc) is 3.05. The van der Waals surface area contributed by atoms with Crippen molar-refractivity contribution < 1.29 is 4.74 Å². The molecule has 1 fully saturated rings. The summed E-state index contributed by atoms with van der Waals surface area (Å²) in [5.74, 6) is 0. The summed E-state index contributed by atoms with van der Waals surface area (Å²) in [5.41, 5.74) is 1.65. The van der Waals surface area contributed by atoms with Crippen LogP contribution in [0.3, 0.4) is 0 Å². The average molecular weight is 201 g/mol. The molecular formula is C13H15NO. The van der Waals surface area contributed by atoms with Crippen molar-refractivity contribution in [1.82, 2.24) is 4.90 Å². The summed E-state index contributed by atoms with van der Waals surface area (Å²) >= 11 is 0. The maximum Gasteiger partial charge on any atom is 0.130 e. The third-order valence-electron chi connectivity index (χ3n) is 3.49. The van der Waals surface area contributed by atoms with Crippen LogP contribution in [0, 0.1) is 0 Å².